The molecular formula is C19H24N6O. The Balaban J connectivity index is 1.28. The van der Waals surface area contributed by atoms with Crippen LogP contribution in [-0.4, -0.2) is 78.2 Å². The van der Waals surface area contributed by atoms with E-state index >= 15 is 0 Å². The summed E-state index contributed by atoms with van der Waals surface area (Å²) in [6.45, 7) is 6.46. The zero-order valence-electron chi connectivity index (χ0n) is 14.9. The first kappa shape index (κ1) is 16.6. The van der Waals surface area contributed by atoms with Gasteiger partial charge in [0.15, 0.2) is 0 Å². The molecule has 0 spiro atoms. The molecule has 2 aliphatic rings. The molecule has 0 N–H and O–H groups in total. The summed E-state index contributed by atoms with van der Waals surface area (Å²) in [6.07, 6.45) is 7.34. The van der Waals surface area contributed by atoms with E-state index < -0.39 is 0 Å². The molecule has 7 heteroatoms. The van der Waals surface area contributed by atoms with Crippen LogP contribution in [0.3, 0.4) is 0 Å². The smallest absolute Gasteiger partial charge is 0.320 e. The Morgan fingerprint density at radius 1 is 0.692 bits per heavy atom. The Morgan fingerprint density at radius 2 is 1.12 bits per heavy atom. The number of hydrogen-bond acceptors (Lipinski definition) is 5. The number of carbonyl (C=O) groups excluding carboxylic acids is 1. The van der Waals surface area contributed by atoms with Crippen LogP contribution in [0.15, 0.2) is 49.1 Å². The topological polar surface area (TPSA) is 55.8 Å². The van der Waals surface area contributed by atoms with Crippen LogP contribution < -0.4 is 9.80 Å². The monoisotopic (exact) mass is 352 g/mol. The van der Waals surface area contributed by atoms with Crippen molar-refractivity contribution in [1.82, 2.24) is 19.8 Å². The van der Waals surface area contributed by atoms with Crippen molar-refractivity contribution in [3.63, 3.8) is 0 Å². The quantitative estimate of drug-likeness (QED) is 0.821. The largest absolute Gasteiger partial charge is 0.367 e. The molecule has 2 aromatic heterocycles. The number of rotatable bonds is 2. The summed E-state index contributed by atoms with van der Waals surface area (Å²) in [6, 6.07) is 8.22. The first-order valence-corrected chi connectivity index (χ1v) is 9.15. The van der Waals surface area contributed by atoms with Gasteiger partial charge in [0.2, 0.25) is 0 Å². The zero-order chi connectivity index (χ0) is 17.8. The maximum Gasteiger partial charge on any atom is 0.320 e. The maximum atomic E-state index is 12.8. The number of anilines is 2. The number of nitrogens with zero attached hydrogens (tertiary/aromatic N) is 6. The van der Waals surface area contributed by atoms with Crippen molar-refractivity contribution in [2.45, 2.75) is 0 Å². The lowest BCUT2D eigenvalue weighted by atomic mass is 10.2. The molecule has 0 atom stereocenters. The van der Waals surface area contributed by atoms with Crippen LogP contribution in [0.4, 0.5) is 16.2 Å². The van der Waals surface area contributed by atoms with E-state index in [1.165, 1.54) is 0 Å². The summed E-state index contributed by atoms with van der Waals surface area (Å²) in [7, 11) is 0. The van der Waals surface area contributed by atoms with Crippen LogP contribution in [0.2, 0.25) is 0 Å². The predicted octanol–water partition coefficient (Wildman–Crippen LogP) is 1.54. The molecule has 0 unspecified atom stereocenters. The van der Waals surface area contributed by atoms with Crippen molar-refractivity contribution in [1.29, 1.82) is 0 Å². The number of aromatic nitrogens is 2. The lowest BCUT2D eigenvalue weighted by Crippen LogP contribution is -2.57. The van der Waals surface area contributed by atoms with Crippen molar-refractivity contribution in [3.05, 3.63) is 49.1 Å². The van der Waals surface area contributed by atoms with Gasteiger partial charge in [0.25, 0.3) is 0 Å². The summed E-state index contributed by atoms with van der Waals surface area (Å²) in [4.78, 5) is 29.7. The van der Waals surface area contributed by atoms with Crippen LogP contribution in [-0.2, 0) is 0 Å². The molecule has 2 fully saturated rings. The highest BCUT2D eigenvalue weighted by molar-refractivity contribution is 5.75. The lowest BCUT2D eigenvalue weighted by Gasteiger charge is -2.41. The molecule has 2 aliphatic heterocycles. The molecule has 2 amide bonds. The lowest BCUT2D eigenvalue weighted by molar-refractivity contribution is 0.147. The molecule has 0 aromatic carbocycles. The zero-order valence-corrected chi connectivity index (χ0v) is 14.9. The minimum Gasteiger partial charge on any atom is -0.367 e. The fourth-order valence-corrected chi connectivity index (χ4v) is 3.59. The van der Waals surface area contributed by atoms with Crippen LogP contribution in [0, 0.1) is 0 Å². The summed E-state index contributed by atoms with van der Waals surface area (Å²) in [5.41, 5.74) is 2.26. The van der Waals surface area contributed by atoms with E-state index in [0.717, 1.165) is 63.7 Å². The highest BCUT2D eigenvalue weighted by Gasteiger charge is 2.28. The van der Waals surface area contributed by atoms with Gasteiger partial charge >= 0.3 is 6.03 Å². The summed E-state index contributed by atoms with van der Waals surface area (Å²) < 4.78 is 0. The van der Waals surface area contributed by atoms with Crippen molar-refractivity contribution >= 4 is 17.4 Å². The van der Waals surface area contributed by atoms with Gasteiger partial charge in [-0.2, -0.15) is 0 Å². The van der Waals surface area contributed by atoms with Crippen LogP contribution in [0.5, 0.6) is 0 Å². The van der Waals surface area contributed by atoms with E-state index in [9.17, 15) is 4.79 Å². The molecule has 0 saturated carbocycles. The summed E-state index contributed by atoms with van der Waals surface area (Å²) in [5, 5.41) is 0. The van der Waals surface area contributed by atoms with E-state index in [2.05, 4.69) is 31.9 Å². The highest BCUT2D eigenvalue weighted by Crippen LogP contribution is 2.17. The molecule has 4 heterocycles. The summed E-state index contributed by atoms with van der Waals surface area (Å²) in [5.74, 6) is 0. The molecule has 136 valence electrons. The molecular weight excluding hydrogens is 328 g/mol. The van der Waals surface area contributed by atoms with Gasteiger partial charge in [0.1, 0.15) is 0 Å². The Bertz CT molecular complexity index is 648. The standard InChI is InChI=1S/C19H24N6O/c26-19(24-11-7-22(8-12-24)17-3-1-5-20-15-17)25-13-9-23(10-14-25)18-4-2-6-21-16-18/h1-6,15-16H,7-14H2. The Kier molecular flexibility index (Phi) is 4.86. The van der Waals surface area contributed by atoms with E-state index in [1.807, 2.05) is 34.3 Å². The second-order valence-corrected chi connectivity index (χ2v) is 6.65. The van der Waals surface area contributed by atoms with Gasteiger partial charge in [-0.1, -0.05) is 0 Å². The van der Waals surface area contributed by atoms with Crippen molar-refractivity contribution in [2.24, 2.45) is 0 Å². The molecule has 0 aliphatic carbocycles. The minimum atomic E-state index is 0.168. The summed E-state index contributed by atoms with van der Waals surface area (Å²) >= 11 is 0. The second kappa shape index (κ2) is 7.59. The molecule has 0 radical (unpaired) electrons. The van der Waals surface area contributed by atoms with E-state index in [0.29, 0.717) is 0 Å². The normalized spacial score (nSPS) is 18.2. The molecule has 26 heavy (non-hydrogen) atoms. The predicted molar refractivity (Wildman–Crippen MR) is 101 cm³/mol. The third-order valence-electron chi connectivity index (χ3n) is 5.12. The van der Waals surface area contributed by atoms with Crippen LogP contribution in [0.1, 0.15) is 0 Å². The SMILES string of the molecule is O=C(N1CCN(c2cccnc2)CC1)N1CCN(c2cccnc2)CC1. The number of carbonyl (C=O) groups is 1. The van der Waals surface area contributed by atoms with Gasteiger partial charge in [0.05, 0.1) is 23.8 Å². The number of hydrogen-bond donors (Lipinski definition) is 0. The third kappa shape index (κ3) is 3.56. The third-order valence-corrected chi connectivity index (χ3v) is 5.12. The maximum absolute atomic E-state index is 12.8. The van der Waals surface area contributed by atoms with Gasteiger partial charge in [-0.25, -0.2) is 4.79 Å². The van der Waals surface area contributed by atoms with Gasteiger partial charge in [-0.05, 0) is 24.3 Å². The molecule has 4 rings (SSSR count). The van der Waals surface area contributed by atoms with Gasteiger partial charge < -0.3 is 19.6 Å². The Hall–Kier alpha value is -2.83. The number of piperazine rings is 2. The van der Waals surface area contributed by atoms with Gasteiger partial charge in [-0.15, -0.1) is 0 Å². The van der Waals surface area contributed by atoms with Crippen molar-refractivity contribution in [2.75, 3.05) is 62.2 Å². The molecule has 2 saturated heterocycles. The van der Waals surface area contributed by atoms with Crippen LogP contribution in [0.25, 0.3) is 0 Å². The first-order valence-electron chi connectivity index (χ1n) is 9.15. The Morgan fingerprint density at radius 3 is 1.46 bits per heavy atom. The van der Waals surface area contributed by atoms with Crippen molar-refractivity contribution < 1.29 is 4.79 Å². The number of pyridine rings is 2. The average Bonchev–Trinajstić information content (AvgIpc) is 2.75. The van der Waals surface area contributed by atoms with Gasteiger partial charge in [-0.3, -0.25) is 9.97 Å². The Labute approximate surface area is 153 Å². The fourth-order valence-electron chi connectivity index (χ4n) is 3.59. The van der Waals surface area contributed by atoms with Gasteiger partial charge in [0, 0.05) is 64.8 Å². The van der Waals surface area contributed by atoms with E-state index in [4.69, 9.17) is 0 Å². The molecule has 0 bridgehead atoms. The van der Waals surface area contributed by atoms with Crippen molar-refractivity contribution in [3.8, 4) is 0 Å². The highest BCUT2D eigenvalue weighted by atomic mass is 16.2. The minimum absolute atomic E-state index is 0.168. The van der Waals surface area contributed by atoms with Crippen LogP contribution >= 0.6 is 0 Å². The second-order valence-electron chi connectivity index (χ2n) is 6.65. The van der Waals surface area contributed by atoms with E-state index in [-0.39, 0.29) is 6.03 Å². The fraction of sp³-hybridized carbons (Fsp3) is 0.421. The molecule has 7 nitrogen and oxygen atoms in total. The molecule has 2 aromatic rings. The average molecular weight is 352 g/mol. The number of urea groups is 1. The first-order chi connectivity index (χ1) is 12.8. The number of amides is 2. The van der Waals surface area contributed by atoms with E-state index in [1.54, 1.807) is 12.4 Å².